The van der Waals surface area contributed by atoms with Crippen molar-refractivity contribution in [3.63, 3.8) is 0 Å². The monoisotopic (exact) mass is 212 g/mol. The minimum Gasteiger partial charge on any atom is -0.379 e. The summed E-state index contributed by atoms with van der Waals surface area (Å²) in [6.07, 6.45) is 4.05. The molecule has 2 unspecified atom stereocenters. The lowest BCUT2D eigenvalue weighted by molar-refractivity contribution is 0.0674. The maximum Gasteiger partial charge on any atom is 0.0620 e. The fourth-order valence-corrected chi connectivity index (χ4v) is 2.63. The predicted octanol–water partition coefficient (Wildman–Crippen LogP) is 1.10. The van der Waals surface area contributed by atoms with Gasteiger partial charge < -0.3 is 15.0 Å². The van der Waals surface area contributed by atoms with Crippen LogP contribution in [0.1, 0.15) is 26.2 Å². The fraction of sp³-hybridized carbons (Fsp3) is 1.00. The van der Waals surface area contributed by atoms with Crippen LogP contribution in [0.15, 0.2) is 0 Å². The summed E-state index contributed by atoms with van der Waals surface area (Å²) in [7, 11) is 0. The first-order valence-corrected chi connectivity index (χ1v) is 6.38. The molecule has 2 rings (SSSR count). The molecular weight excluding hydrogens is 188 g/mol. The smallest absolute Gasteiger partial charge is 0.0620 e. The number of ether oxygens (including phenoxy) is 1. The van der Waals surface area contributed by atoms with Crippen molar-refractivity contribution in [2.75, 3.05) is 39.4 Å². The summed E-state index contributed by atoms with van der Waals surface area (Å²) in [6.45, 7) is 9.03. The van der Waals surface area contributed by atoms with Gasteiger partial charge in [0, 0.05) is 19.1 Å². The van der Waals surface area contributed by atoms with E-state index in [2.05, 4.69) is 17.1 Å². The van der Waals surface area contributed by atoms with Crippen LogP contribution in [0.25, 0.3) is 0 Å². The molecule has 0 aromatic carbocycles. The maximum atomic E-state index is 5.46. The molecule has 88 valence electrons. The van der Waals surface area contributed by atoms with E-state index in [0.717, 1.165) is 25.7 Å². The fourth-order valence-electron chi connectivity index (χ4n) is 2.63. The highest BCUT2D eigenvalue weighted by Gasteiger charge is 2.18. The number of hydrogen-bond donors (Lipinski definition) is 1. The summed E-state index contributed by atoms with van der Waals surface area (Å²) in [5.74, 6) is 0.898. The summed E-state index contributed by atoms with van der Waals surface area (Å²) >= 11 is 0. The van der Waals surface area contributed by atoms with Gasteiger partial charge in [0.05, 0.1) is 13.2 Å². The molecule has 2 fully saturated rings. The first-order chi connectivity index (χ1) is 7.34. The normalized spacial score (nSPS) is 34.2. The summed E-state index contributed by atoms with van der Waals surface area (Å²) < 4.78 is 5.46. The Morgan fingerprint density at radius 1 is 1.47 bits per heavy atom. The average molecular weight is 212 g/mol. The van der Waals surface area contributed by atoms with Crippen molar-refractivity contribution in [3.05, 3.63) is 0 Å². The van der Waals surface area contributed by atoms with Crippen LogP contribution in [0, 0.1) is 5.92 Å². The van der Waals surface area contributed by atoms with Crippen LogP contribution in [0.3, 0.4) is 0 Å². The number of piperidine rings is 1. The number of likely N-dealkylation sites (tertiary alicyclic amines) is 1. The van der Waals surface area contributed by atoms with E-state index in [4.69, 9.17) is 4.74 Å². The molecule has 0 aromatic rings. The van der Waals surface area contributed by atoms with Crippen molar-refractivity contribution in [1.82, 2.24) is 10.2 Å². The molecule has 3 nitrogen and oxygen atoms in total. The standard InChI is InChI=1S/C12H24N2O/c1-11-3-2-6-14(9-11)7-4-12-10-15-8-5-13-12/h11-13H,2-10H2,1H3. The molecule has 1 N–H and O–H groups in total. The topological polar surface area (TPSA) is 24.5 Å². The van der Waals surface area contributed by atoms with Gasteiger partial charge in [-0.2, -0.15) is 0 Å². The van der Waals surface area contributed by atoms with Gasteiger partial charge >= 0.3 is 0 Å². The van der Waals surface area contributed by atoms with Crippen molar-refractivity contribution >= 4 is 0 Å². The Labute approximate surface area is 93.2 Å². The van der Waals surface area contributed by atoms with E-state index in [1.54, 1.807) is 0 Å². The molecule has 2 saturated heterocycles. The number of morpholine rings is 1. The summed E-state index contributed by atoms with van der Waals surface area (Å²) in [4.78, 5) is 2.62. The van der Waals surface area contributed by atoms with Crippen molar-refractivity contribution < 1.29 is 4.74 Å². The summed E-state index contributed by atoms with van der Waals surface area (Å²) in [6, 6.07) is 0.594. The molecule has 0 bridgehead atoms. The molecular formula is C12H24N2O. The van der Waals surface area contributed by atoms with Crippen molar-refractivity contribution in [2.24, 2.45) is 5.92 Å². The van der Waals surface area contributed by atoms with Crippen LogP contribution in [0.5, 0.6) is 0 Å². The predicted molar refractivity (Wildman–Crippen MR) is 62.1 cm³/mol. The van der Waals surface area contributed by atoms with E-state index in [1.807, 2.05) is 0 Å². The Hall–Kier alpha value is -0.120. The molecule has 2 aliphatic heterocycles. The summed E-state index contributed by atoms with van der Waals surface area (Å²) in [5.41, 5.74) is 0. The molecule has 2 atom stereocenters. The Balaban J connectivity index is 1.63. The van der Waals surface area contributed by atoms with Crippen LogP contribution in [0.2, 0.25) is 0 Å². The SMILES string of the molecule is CC1CCCN(CCC2COCCN2)C1. The maximum absolute atomic E-state index is 5.46. The average Bonchev–Trinajstić information content (AvgIpc) is 2.28. The highest BCUT2D eigenvalue weighted by atomic mass is 16.5. The second-order valence-electron chi connectivity index (χ2n) is 5.06. The van der Waals surface area contributed by atoms with E-state index >= 15 is 0 Å². The van der Waals surface area contributed by atoms with Gasteiger partial charge in [-0.05, 0) is 38.3 Å². The zero-order chi connectivity index (χ0) is 10.5. The van der Waals surface area contributed by atoms with Gasteiger partial charge in [0.25, 0.3) is 0 Å². The summed E-state index contributed by atoms with van der Waals surface area (Å²) in [5, 5.41) is 3.52. The van der Waals surface area contributed by atoms with E-state index < -0.39 is 0 Å². The van der Waals surface area contributed by atoms with Crippen molar-refractivity contribution in [2.45, 2.75) is 32.2 Å². The molecule has 0 aromatic heterocycles. The quantitative estimate of drug-likeness (QED) is 0.758. The molecule has 3 heteroatoms. The third-order valence-electron chi connectivity index (χ3n) is 3.53. The zero-order valence-corrected chi connectivity index (χ0v) is 9.87. The number of rotatable bonds is 3. The first kappa shape index (κ1) is 11.4. The third kappa shape index (κ3) is 3.74. The van der Waals surface area contributed by atoms with E-state index in [0.29, 0.717) is 6.04 Å². The molecule has 15 heavy (non-hydrogen) atoms. The van der Waals surface area contributed by atoms with Crippen LogP contribution >= 0.6 is 0 Å². The van der Waals surface area contributed by atoms with Gasteiger partial charge in [0.2, 0.25) is 0 Å². The van der Waals surface area contributed by atoms with Gasteiger partial charge in [-0.15, -0.1) is 0 Å². The van der Waals surface area contributed by atoms with Crippen molar-refractivity contribution in [1.29, 1.82) is 0 Å². The molecule has 0 radical (unpaired) electrons. The highest BCUT2D eigenvalue weighted by Crippen LogP contribution is 2.15. The second-order valence-corrected chi connectivity index (χ2v) is 5.06. The van der Waals surface area contributed by atoms with Crippen molar-refractivity contribution in [3.8, 4) is 0 Å². The van der Waals surface area contributed by atoms with Gasteiger partial charge in [-0.25, -0.2) is 0 Å². The number of nitrogens with one attached hydrogen (secondary N) is 1. The minimum atomic E-state index is 0.594. The molecule has 2 heterocycles. The lowest BCUT2D eigenvalue weighted by atomic mass is 10.00. The van der Waals surface area contributed by atoms with Gasteiger partial charge in [0.1, 0.15) is 0 Å². The van der Waals surface area contributed by atoms with Crippen LogP contribution in [0.4, 0.5) is 0 Å². The van der Waals surface area contributed by atoms with Crippen LogP contribution < -0.4 is 5.32 Å². The second kappa shape index (κ2) is 5.83. The Morgan fingerprint density at radius 3 is 3.13 bits per heavy atom. The van der Waals surface area contributed by atoms with Crippen LogP contribution in [-0.2, 0) is 4.74 Å². The molecule has 0 amide bonds. The van der Waals surface area contributed by atoms with E-state index in [1.165, 1.54) is 38.9 Å². The number of hydrogen-bond acceptors (Lipinski definition) is 3. The molecule has 2 aliphatic rings. The largest absolute Gasteiger partial charge is 0.379 e. The molecule has 0 spiro atoms. The third-order valence-corrected chi connectivity index (χ3v) is 3.53. The Bertz CT molecular complexity index is 180. The van der Waals surface area contributed by atoms with Gasteiger partial charge in [-0.1, -0.05) is 6.92 Å². The van der Waals surface area contributed by atoms with Gasteiger partial charge in [-0.3, -0.25) is 0 Å². The van der Waals surface area contributed by atoms with E-state index in [-0.39, 0.29) is 0 Å². The Morgan fingerprint density at radius 2 is 2.40 bits per heavy atom. The first-order valence-electron chi connectivity index (χ1n) is 6.38. The molecule has 0 saturated carbocycles. The molecule has 0 aliphatic carbocycles. The lowest BCUT2D eigenvalue weighted by Gasteiger charge is -2.32. The number of nitrogens with zero attached hydrogens (tertiary/aromatic N) is 1. The highest BCUT2D eigenvalue weighted by molar-refractivity contribution is 4.75. The zero-order valence-electron chi connectivity index (χ0n) is 9.87. The Kier molecular flexibility index (Phi) is 4.42. The van der Waals surface area contributed by atoms with Crippen LogP contribution in [-0.4, -0.2) is 50.3 Å². The lowest BCUT2D eigenvalue weighted by Crippen LogP contribution is -2.44. The van der Waals surface area contributed by atoms with E-state index in [9.17, 15) is 0 Å². The van der Waals surface area contributed by atoms with Gasteiger partial charge in [0.15, 0.2) is 0 Å². The minimum absolute atomic E-state index is 0.594.